The molecule has 3 heteroatoms. The molecule has 1 heterocycles. The van der Waals surface area contributed by atoms with Crippen LogP contribution in [0.1, 0.15) is 54.3 Å². The summed E-state index contributed by atoms with van der Waals surface area (Å²) in [6.45, 7) is 0.893. The van der Waals surface area contributed by atoms with Crippen LogP contribution in [0.25, 0.3) is 0 Å². The van der Waals surface area contributed by atoms with Gasteiger partial charge in [0.2, 0.25) is 5.91 Å². The van der Waals surface area contributed by atoms with Crippen LogP contribution in [-0.2, 0) is 11.2 Å². The van der Waals surface area contributed by atoms with Crippen LogP contribution in [0.3, 0.4) is 0 Å². The van der Waals surface area contributed by atoms with Gasteiger partial charge in [-0.15, -0.1) is 0 Å². The molecule has 2 atom stereocenters. The first kappa shape index (κ1) is 15.9. The van der Waals surface area contributed by atoms with E-state index in [9.17, 15) is 4.79 Å². The lowest BCUT2D eigenvalue weighted by Gasteiger charge is -2.26. The van der Waals surface area contributed by atoms with E-state index in [1.165, 1.54) is 16.7 Å². The number of aryl methyl sites for hydroxylation is 1. The van der Waals surface area contributed by atoms with Crippen LogP contribution in [0.5, 0.6) is 0 Å². The molecule has 0 aromatic heterocycles. The Balaban J connectivity index is 1.50. The standard InChI is InChI=1S/C21H22BrNO/c22-18-7-3-6-17(13-18)20-9-4-12-23(20)21(24)14-16-11-10-15-5-1-2-8-19(15)16/h1-3,5-8,13,16,20H,4,9-12,14H2. The molecule has 2 aromatic carbocycles. The van der Waals surface area contributed by atoms with E-state index < -0.39 is 0 Å². The van der Waals surface area contributed by atoms with Crippen LogP contribution in [0.2, 0.25) is 0 Å². The monoisotopic (exact) mass is 383 g/mol. The molecule has 1 fully saturated rings. The molecule has 0 bridgehead atoms. The number of halogens is 1. The highest BCUT2D eigenvalue weighted by molar-refractivity contribution is 9.10. The van der Waals surface area contributed by atoms with Gasteiger partial charge < -0.3 is 4.90 Å². The number of carbonyl (C=O) groups excluding carboxylic acids is 1. The maximum atomic E-state index is 13.0. The summed E-state index contributed by atoms with van der Waals surface area (Å²) in [5, 5.41) is 0. The zero-order valence-corrected chi connectivity index (χ0v) is 15.3. The smallest absolute Gasteiger partial charge is 0.223 e. The van der Waals surface area contributed by atoms with Crippen molar-refractivity contribution in [3.8, 4) is 0 Å². The van der Waals surface area contributed by atoms with Crippen molar-refractivity contribution in [2.45, 2.75) is 44.1 Å². The number of benzene rings is 2. The Morgan fingerprint density at radius 1 is 1.12 bits per heavy atom. The molecule has 1 aliphatic heterocycles. The van der Waals surface area contributed by atoms with Gasteiger partial charge in [-0.3, -0.25) is 4.79 Å². The summed E-state index contributed by atoms with van der Waals surface area (Å²) in [6, 6.07) is 17.3. The van der Waals surface area contributed by atoms with Crippen molar-refractivity contribution in [1.29, 1.82) is 0 Å². The SMILES string of the molecule is O=C(CC1CCc2ccccc21)N1CCCC1c1cccc(Br)c1. The Hall–Kier alpha value is -1.61. The van der Waals surface area contributed by atoms with Gasteiger partial charge in [-0.2, -0.15) is 0 Å². The summed E-state index contributed by atoms with van der Waals surface area (Å²) in [4.78, 5) is 15.1. The van der Waals surface area contributed by atoms with Crippen LogP contribution < -0.4 is 0 Å². The second-order valence-corrected chi connectivity index (χ2v) is 7.85. The van der Waals surface area contributed by atoms with Crippen molar-refractivity contribution in [1.82, 2.24) is 4.90 Å². The van der Waals surface area contributed by atoms with Gasteiger partial charge in [-0.1, -0.05) is 52.3 Å². The molecule has 2 aromatic rings. The molecule has 1 amide bonds. The molecule has 0 radical (unpaired) electrons. The van der Waals surface area contributed by atoms with Crippen molar-refractivity contribution in [2.75, 3.05) is 6.54 Å². The molecular formula is C21H22BrNO. The van der Waals surface area contributed by atoms with Crippen LogP contribution in [0.4, 0.5) is 0 Å². The minimum absolute atomic E-state index is 0.242. The van der Waals surface area contributed by atoms with E-state index in [1.807, 2.05) is 6.07 Å². The van der Waals surface area contributed by atoms with Crippen molar-refractivity contribution >= 4 is 21.8 Å². The number of fused-ring (bicyclic) bond motifs is 1. The van der Waals surface area contributed by atoms with E-state index in [0.717, 1.165) is 36.7 Å². The molecule has 0 N–H and O–H groups in total. The maximum absolute atomic E-state index is 13.0. The van der Waals surface area contributed by atoms with Gasteiger partial charge >= 0.3 is 0 Å². The first-order valence-electron chi connectivity index (χ1n) is 8.85. The normalized spacial score (nSPS) is 22.6. The van der Waals surface area contributed by atoms with Gasteiger partial charge in [0.15, 0.2) is 0 Å². The lowest BCUT2D eigenvalue weighted by molar-refractivity contribution is -0.132. The molecule has 2 aliphatic rings. The predicted octanol–water partition coefficient (Wildman–Crippen LogP) is 5.23. The number of carbonyl (C=O) groups is 1. The Morgan fingerprint density at radius 2 is 2.00 bits per heavy atom. The summed E-state index contributed by atoms with van der Waals surface area (Å²) in [6.07, 6.45) is 5.05. The summed E-state index contributed by atoms with van der Waals surface area (Å²) in [5.41, 5.74) is 4.08. The molecular weight excluding hydrogens is 362 g/mol. The number of likely N-dealkylation sites (tertiary alicyclic amines) is 1. The highest BCUT2D eigenvalue weighted by atomic mass is 79.9. The van der Waals surface area contributed by atoms with E-state index in [4.69, 9.17) is 0 Å². The van der Waals surface area contributed by atoms with Gasteiger partial charge in [0.05, 0.1) is 6.04 Å². The lowest BCUT2D eigenvalue weighted by Crippen LogP contribution is -2.31. The van der Waals surface area contributed by atoms with Crippen molar-refractivity contribution in [2.24, 2.45) is 0 Å². The van der Waals surface area contributed by atoms with E-state index in [0.29, 0.717) is 18.2 Å². The Bertz CT molecular complexity index is 757. The molecule has 24 heavy (non-hydrogen) atoms. The summed E-state index contributed by atoms with van der Waals surface area (Å²) in [7, 11) is 0. The van der Waals surface area contributed by atoms with Crippen LogP contribution in [0, 0.1) is 0 Å². The Kier molecular flexibility index (Phi) is 4.45. The first-order valence-corrected chi connectivity index (χ1v) is 9.64. The average molecular weight is 384 g/mol. The zero-order chi connectivity index (χ0) is 16.5. The van der Waals surface area contributed by atoms with Gasteiger partial charge in [0.1, 0.15) is 0 Å². The van der Waals surface area contributed by atoms with Gasteiger partial charge in [0.25, 0.3) is 0 Å². The zero-order valence-electron chi connectivity index (χ0n) is 13.7. The fourth-order valence-corrected chi connectivity index (χ4v) is 4.73. The molecule has 0 spiro atoms. The topological polar surface area (TPSA) is 20.3 Å². The Labute approximate surface area is 152 Å². The molecule has 1 aliphatic carbocycles. The average Bonchev–Trinajstić information content (AvgIpc) is 3.22. The molecule has 4 rings (SSSR count). The van der Waals surface area contributed by atoms with Gasteiger partial charge in [0, 0.05) is 17.4 Å². The van der Waals surface area contributed by atoms with Gasteiger partial charge in [-0.25, -0.2) is 0 Å². The predicted molar refractivity (Wildman–Crippen MR) is 100.0 cm³/mol. The summed E-state index contributed by atoms with van der Waals surface area (Å²) in [5.74, 6) is 0.719. The first-order chi connectivity index (χ1) is 11.7. The summed E-state index contributed by atoms with van der Waals surface area (Å²) < 4.78 is 1.09. The molecule has 124 valence electrons. The molecule has 2 nitrogen and oxygen atoms in total. The van der Waals surface area contributed by atoms with Crippen molar-refractivity contribution in [3.63, 3.8) is 0 Å². The highest BCUT2D eigenvalue weighted by Gasteiger charge is 2.32. The second kappa shape index (κ2) is 6.72. The van der Waals surface area contributed by atoms with E-state index in [1.54, 1.807) is 0 Å². The fourth-order valence-electron chi connectivity index (χ4n) is 4.31. The second-order valence-electron chi connectivity index (χ2n) is 6.94. The van der Waals surface area contributed by atoms with E-state index >= 15 is 0 Å². The minimum Gasteiger partial charge on any atom is -0.336 e. The third-order valence-corrected chi connectivity index (χ3v) is 5.98. The largest absolute Gasteiger partial charge is 0.336 e. The third-order valence-electron chi connectivity index (χ3n) is 5.48. The fraction of sp³-hybridized carbons (Fsp3) is 0.381. The van der Waals surface area contributed by atoms with Crippen LogP contribution in [-0.4, -0.2) is 17.4 Å². The van der Waals surface area contributed by atoms with Crippen molar-refractivity contribution in [3.05, 3.63) is 69.7 Å². The highest BCUT2D eigenvalue weighted by Crippen LogP contribution is 2.38. The summed E-state index contributed by atoms with van der Waals surface area (Å²) >= 11 is 3.55. The molecule has 2 unspecified atom stereocenters. The minimum atomic E-state index is 0.242. The van der Waals surface area contributed by atoms with Crippen LogP contribution >= 0.6 is 15.9 Å². The number of nitrogens with zero attached hydrogens (tertiary/aromatic N) is 1. The Morgan fingerprint density at radius 3 is 2.88 bits per heavy atom. The lowest BCUT2D eigenvalue weighted by atomic mass is 9.96. The van der Waals surface area contributed by atoms with E-state index in [2.05, 4.69) is 63.3 Å². The van der Waals surface area contributed by atoms with E-state index in [-0.39, 0.29) is 6.04 Å². The maximum Gasteiger partial charge on any atom is 0.223 e. The number of hydrogen-bond donors (Lipinski definition) is 0. The number of amides is 1. The van der Waals surface area contributed by atoms with Gasteiger partial charge in [-0.05, 0) is 60.4 Å². The number of hydrogen-bond acceptors (Lipinski definition) is 1. The van der Waals surface area contributed by atoms with Crippen molar-refractivity contribution < 1.29 is 4.79 Å². The third kappa shape index (κ3) is 3.02. The quantitative estimate of drug-likeness (QED) is 0.709. The number of rotatable bonds is 3. The molecule has 0 saturated carbocycles. The van der Waals surface area contributed by atoms with Crippen LogP contribution in [0.15, 0.2) is 53.0 Å². The molecule has 1 saturated heterocycles.